The predicted molar refractivity (Wildman–Crippen MR) is 90.8 cm³/mol. The van der Waals surface area contributed by atoms with Crippen molar-refractivity contribution in [1.29, 1.82) is 0 Å². The van der Waals surface area contributed by atoms with Gasteiger partial charge in [0.05, 0.1) is 6.61 Å². The fraction of sp³-hybridized carbons (Fsp3) is 0.235. The summed E-state index contributed by atoms with van der Waals surface area (Å²) in [7, 11) is 0. The van der Waals surface area contributed by atoms with Crippen molar-refractivity contribution in [3.63, 3.8) is 0 Å². The number of amides is 2. The van der Waals surface area contributed by atoms with E-state index in [9.17, 15) is 4.79 Å². The van der Waals surface area contributed by atoms with Crippen LogP contribution in [0.4, 0.5) is 4.79 Å². The molecule has 0 unspecified atom stereocenters. The predicted octanol–water partition coefficient (Wildman–Crippen LogP) is 3.85. The summed E-state index contributed by atoms with van der Waals surface area (Å²) in [6, 6.07) is 15.4. The summed E-state index contributed by atoms with van der Waals surface area (Å²) in [5, 5.41) is 5.66. The number of nitrogens with one attached hydrogen (secondary N) is 2. The van der Waals surface area contributed by atoms with Crippen LogP contribution in [-0.2, 0) is 13.1 Å². The largest absolute Gasteiger partial charge is 0.494 e. The van der Waals surface area contributed by atoms with Crippen LogP contribution in [0.2, 0.25) is 0 Å². The highest BCUT2D eigenvalue weighted by Gasteiger charge is 2.01. The van der Waals surface area contributed by atoms with Crippen molar-refractivity contribution >= 4 is 22.0 Å². The van der Waals surface area contributed by atoms with Gasteiger partial charge in [-0.3, -0.25) is 0 Å². The summed E-state index contributed by atoms with van der Waals surface area (Å²) in [6.07, 6.45) is 0. The second kappa shape index (κ2) is 8.44. The molecule has 22 heavy (non-hydrogen) atoms. The second-order valence-corrected chi connectivity index (χ2v) is 5.66. The maximum Gasteiger partial charge on any atom is 0.315 e. The molecular formula is C17H19BrN2O2. The lowest BCUT2D eigenvalue weighted by Crippen LogP contribution is -2.34. The summed E-state index contributed by atoms with van der Waals surface area (Å²) in [5.41, 5.74) is 2.08. The Hall–Kier alpha value is -2.01. The van der Waals surface area contributed by atoms with Gasteiger partial charge in [0.2, 0.25) is 0 Å². The van der Waals surface area contributed by atoms with Crippen LogP contribution in [0.3, 0.4) is 0 Å². The molecule has 0 radical (unpaired) electrons. The first-order valence-corrected chi connectivity index (χ1v) is 7.94. The van der Waals surface area contributed by atoms with Crippen molar-refractivity contribution in [2.24, 2.45) is 0 Å². The van der Waals surface area contributed by atoms with Crippen molar-refractivity contribution in [2.45, 2.75) is 20.0 Å². The number of hydrogen-bond donors (Lipinski definition) is 2. The molecule has 2 N–H and O–H groups in total. The minimum absolute atomic E-state index is 0.184. The summed E-state index contributed by atoms with van der Waals surface area (Å²) < 4.78 is 6.40. The van der Waals surface area contributed by atoms with E-state index in [1.54, 1.807) is 0 Å². The molecule has 0 aliphatic rings. The van der Waals surface area contributed by atoms with Gasteiger partial charge in [0.1, 0.15) is 5.75 Å². The quantitative estimate of drug-likeness (QED) is 0.819. The lowest BCUT2D eigenvalue weighted by atomic mass is 10.2. The summed E-state index contributed by atoms with van der Waals surface area (Å²) in [4.78, 5) is 11.8. The highest BCUT2D eigenvalue weighted by Crippen LogP contribution is 2.12. The molecule has 0 heterocycles. The fourth-order valence-electron chi connectivity index (χ4n) is 1.90. The highest BCUT2D eigenvalue weighted by molar-refractivity contribution is 9.10. The molecule has 4 nitrogen and oxygen atoms in total. The molecule has 0 spiro atoms. The third kappa shape index (κ3) is 5.41. The molecule has 0 bridgehead atoms. The molecule has 0 saturated carbocycles. The van der Waals surface area contributed by atoms with Gasteiger partial charge in [0.25, 0.3) is 0 Å². The first-order valence-electron chi connectivity index (χ1n) is 7.15. The molecule has 0 aromatic heterocycles. The maximum absolute atomic E-state index is 11.8. The van der Waals surface area contributed by atoms with Crippen LogP contribution in [-0.4, -0.2) is 12.6 Å². The number of benzene rings is 2. The van der Waals surface area contributed by atoms with E-state index in [4.69, 9.17) is 4.74 Å². The zero-order chi connectivity index (χ0) is 15.8. The van der Waals surface area contributed by atoms with Crippen molar-refractivity contribution in [2.75, 3.05) is 6.61 Å². The molecule has 0 saturated heterocycles. The monoisotopic (exact) mass is 362 g/mol. The van der Waals surface area contributed by atoms with Gasteiger partial charge in [-0.1, -0.05) is 40.2 Å². The Kier molecular flexibility index (Phi) is 6.27. The number of carbonyl (C=O) groups excluding carboxylic acids is 1. The van der Waals surface area contributed by atoms with E-state index in [1.807, 2.05) is 55.5 Å². The molecule has 2 amide bonds. The van der Waals surface area contributed by atoms with Gasteiger partial charge in [-0.05, 0) is 42.3 Å². The number of rotatable bonds is 6. The second-order valence-electron chi connectivity index (χ2n) is 4.74. The normalized spacial score (nSPS) is 10.1. The lowest BCUT2D eigenvalue weighted by Gasteiger charge is -2.09. The molecule has 0 atom stereocenters. The van der Waals surface area contributed by atoms with Gasteiger partial charge in [0, 0.05) is 17.6 Å². The van der Waals surface area contributed by atoms with E-state index >= 15 is 0 Å². The van der Waals surface area contributed by atoms with Crippen LogP contribution < -0.4 is 15.4 Å². The zero-order valence-corrected chi connectivity index (χ0v) is 14.0. The third-order valence-corrected chi connectivity index (χ3v) is 3.58. The Morgan fingerprint density at radius 3 is 1.95 bits per heavy atom. The number of urea groups is 1. The SMILES string of the molecule is CCOc1ccc(CNC(=O)NCc2ccc(Br)cc2)cc1. The van der Waals surface area contributed by atoms with Crippen molar-refractivity contribution in [3.8, 4) is 5.75 Å². The van der Waals surface area contributed by atoms with E-state index in [0.29, 0.717) is 19.7 Å². The van der Waals surface area contributed by atoms with Gasteiger partial charge in [0.15, 0.2) is 0 Å². The Bertz CT molecular complexity index is 597. The number of carbonyl (C=O) groups is 1. The van der Waals surface area contributed by atoms with Gasteiger partial charge in [-0.2, -0.15) is 0 Å². The first-order chi connectivity index (χ1) is 10.7. The Morgan fingerprint density at radius 1 is 0.955 bits per heavy atom. The average molecular weight is 363 g/mol. The van der Waals surface area contributed by atoms with Gasteiger partial charge in [-0.25, -0.2) is 4.79 Å². The summed E-state index contributed by atoms with van der Waals surface area (Å²) >= 11 is 3.38. The van der Waals surface area contributed by atoms with Gasteiger partial charge in [-0.15, -0.1) is 0 Å². The van der Waals surface area contributed by atoms with Gasteiger partial charge >= 0.3 is 6.03 Å². The molecule has 0 fully saturated rings. The Balaban J connectivity index is 1.74. The zero-order valence-electron chi connectivity index (χ0n) is 12.4. The third-order valence-electron chi connectivity index (χ3n) is 3.05. The molecule has 116 valence electrons. The topological polar surface area (TPSA) is 50.4 Å². The average Bonchev–Trinajstić information content (AvgIpc) is 2.54. The van der Waals surface area contributed by atoms with Crippen LogP contribution in [0.5, 0.6) is 5.75 Å². The van der Waals surface area contributed by atoms with Crippen LogP contribution >= 0.6 is 15.9 Å². The lowest BCUT2D eigenvalue weighted by molar-refractivity contribution is 0.240. The Labute approximate surface area is 139 Å². The number of hydrogen-bond acceptors (Lipinski definition) is 2. The minimum atomic E-state index is -0.184. The number of ether oxygens (including phenoxy) is 1. The van der Waals surface area contributed by atoms with E-state index in [2.05, 4.69) is 26.6 Å². The molecule has 2 aromatic carbocycles. The van der Waals surface area contributed by atoms with E-state index in [-0.39, 0.29) is 6.03 Å². The molecule has 5 heteroatoms. The first kappa shape index (κ1) is 16.4. The van der Waals surface area contributed by atoms with Crippen molar-refractivity contribution in [1.82, 2.24) is 10.6 Å². The van der Waals surface area contributed by atoms with E-state index in [0.717, 1.165) is 21.3 Å². The van der Waals surface area contributed by atoms with Crippen molar-refractivity contribution in [3.05, 3.63) is 64.1 Å². The van der Waals surface area contributed by atoms with E-state index in [1.165, 1.54) is 0 Å². The van der Waals surface area contributed by atoms with Gasteiger partial charge < -0.3 is 15.4 Å². The maximum atomic E-state index is 11.8. The molecule has 0 aliphatic carbocycles. The van der Waals surface area contributed by atoms with Crippen LogP contribution in [0.15, 0.2) is 53.0 Å². The number of halogens is 1. The molecule has 2 rings (SSSR count). The van der Waals surface area contributed by atoms with Crippen LogP contribution in [0.1, 0.15) is 18.1 Å². The molecular weight excluding hydrogens is 344 g/mol. The summed E-state index contributed by atoms with van der Waals surface area (Å²) in [5.74, 6) is 0.839. The summed E-state index contributed by atoms with van der Waals surface area (Å²) in [6.45, 7) is 3.59. The fourth-order valence-corrected chi connectivity index (χ4v) is 2.16. The molecule has 2 aromatic rings. The van der Waals surface area contributed by atoms with Crippen LogP contribution in [0, 0.1) is 0 Å². The van der Waals surface area contributed by atoms with E-state index < -0.39 is 0 Å². The highest BCUT2D eigenvalue weighted by atomic mass is 79.9. The van der Waals surface area contributed by atoms with Crippen molar-refractivity contribution < 1.29 is 9.53 Å². The minimum Gasteiger partial charge on any atom is -0.494 e. The molecule has 0 aliphatic heterocycles. The van der Waals surface area contributed by atoms with Crippen LogP contribution in [0.25, 0.3) is 0 Å². The Morgan fingerprint density at radius 2 is 1.45 bits per heavy atom. The smallest absolute Gasteiger partial charge is 0.315 e. The standard InChI is InChI=1S/C17H19BrN2O2/c1-2-22-16-9-5-14(6-10-16)12-20-17(21)19-11-13-3-7-15(18)8-4-13/h3-10H,2,11-12H2,1H3,(H2,19,20,21).